The third-order valence-electron chi connectivity index (χ3n) is 3.03. The van der Waals surface area contributed by atoms with Gasteiger partial charge in [0.25, 0.3) is 0 Å². The third-order valence-corrected chi connectivity index (χ3v) is 3.03. The van der Waals surface area contributed by atoms with Crippen molar-refractivity contribution in [2.24, 2.45) is 0 Å². The Labute approximate surface area is 172 Å². The number of carbonyl (C=O) groups excluding carboxylic acids is 3. The van der Waals surface area contributed by atoms with Crippen LogP contribution in [0.5, 0.6) is 0 Å². The molecule has 0 saturated heterocycles. The van der Waals surface area contributed by atoms with Crippen LogP contribution >= 0.6 is 0 Å². The van der Waals surface area contributed by atoms with E-state index in [1.807, 2.05) is 0 Å². The van der Waals surface area contributed by atoms with Crippen molar-refractivity contribution in [3.63, 3.8) is 0 Å². The summed E-state index contributed by atoms with van der Waals surface area (Å²) in [4.78, 5) is 30.3. The summed E-state index contributed by atoms with van der Waals surface area (Å²) >= 11 is 0. The van der Waals surface area contributed by atoms with Gasteiger partial charge in [0.15, 0.2) is 0 Å². The first kappa shape index (κ1) is 24.6. The van der Waals surface area contributed by atoms with Crippen LogP contribution < -0.4 is 15.3 Å². The van der Waals surface area contributed by atoms with Crippen molar-refractivity contribution >= 4 is 17.9 Å². The second-order valence-corrected chi connectivity index (χ2v) is 4.96. The first-order valence-electron chi connectivity index (χ1n) is 7.71. The van der Waals surface area contributed by atoms with E-state index < -0.39 is 17.9 Å². The van der Waals surface area contributed by atoms with E-state index in [0.29, 0.717) is 0 Å². The Bertz CT molecular complexity index is 734. The molecule has 3 rings (SSSR count). The van der Waals surface area contributed by atoms with Gasteiger partial charge in [-0.2, -0.15) is 0 Å². The molecular formula is C21H15FeO6. The van der Waals surface area contributed by atoms with E-state index in [1.54, 1.807) is 54.6 Å². The van der Waals surface area contributed by atoms with Crippen LogP contribution in [0.1, 0.15) is 31.1 Å². The maximum absolute atomic E-state index is 10.1. The van der Waals surface area contributed by atoms with E-state index in [0.717, 1.165) is 0 Å². The van der Waals surface area contributed by atoms with Crippen molar-refractivity contribution in [3.05, 3.63) is 108 Å². The van der Waals surface area contributed by atoms with Gasteiger partial charge in [0.2, 0.25) is 0 Å². The van der Waals surface area contributed by atoms with Crippen molar-refractivity contribution in [3.8, 4) is 0 Å². The average Bonchev–Trinajstić information content (AvgIpc) is 2.71. The second-order valence-electron chi connectivity index (χ2n) is 4.96. The van der Waals surface area contributed by atoms with Gasteiger partial charge in [-0.1, -0.05) is 91.0 Å². The van der Waals surface area contributed by atoms with E-state index >= 15 is 0 Å². The molecule has 0 fully saturated rings. The molecule has 0 aromatic heterocycles. The fourth-order valence-corrected chi connectivity index (χ4v) is 1.72. The summed E-state index contributed by atoms with van der Waals surface area (Å²) in [6, 6.07) is 24.2. The van der Waals surface area contributed by atoms with Gasteiger partial charge >= 0.3 is 17.1 Å². The maximum atomic E-state index is 10.1. The first-order chi connectivity index (χ1) is 12.9. The summed E-state index contributed by atoms with van der Waals surface area (Å²) in [6.45, 7) is 0. The summed E-state index contributed by atoms with van der Waals surface area (Å²) in [6.07, 6.45) is 0. The van der Waals surface area contributed by atoms with E-state index in [-0.39, 0.29) is 33.8 Å². The Kier molecular flexibility index (Phi) is 12.1. The minimum atomic E-state index is -1.13. The van der Waals surface area contributed by atoms with Gasteiger partial charge in [-0.15, -0.1) is 0 Å². The number of carboxylic acids is 3. The maximum Gasteiger partial charge on any atom is 3.00 e. The molecule has 7 heteroatoms. The van der Waals surface area contributed by atoms with Gasteiger partial charge in [0.05, 0.1) is 17.9 Å². The molecule has 0 N–H and O–H groups in total. The normalized spacial score (nSPS) is 8.57. The zero-order valence-corrected chi connectivity index (χ0v) is 15.6. The van der Waals surface area contributed by atoms with Crippen LogP contribution in [-0.4, -0.2) is 17.9 Å². The summed E-state index contributed by atoms with van der Waals surface area (Å²) in [5.41, 5.74) is 0.660. The SMILES string of the molecule is O=C([O-])c1ccccc1.O=C([O-])c1ccccc1.O=C([O-])c1ccccc1.[Fe+3]. The van der Waals surface area contributed by atoms with Crippen molar-refractivity contribution in [1.29, 1.82) is 0 Å². The van der Waals surface area contributed by atoms with E-state index in [4.69, 9.17) is 0 Å². The van der Waals surface area contributed by atoms with E-state index in [2.05, 4.69) is 0 Å². The first-order valence-corrected chi connectivity index (χ1v) is 7.71. The predicted octanol–water partition coefficient (Wildman–Crippen LogP) is 0.148. The van der Waals surface area contributed by atoms with Crippen LogP contribution in [0.4, 0.5) is 0 Å². The molecular weight excluding hydrogens is 404 g/mol. The number of carboxylic acid groups (broad SMARTS) is 3. The monoisotopic (exact) mass is 419 g/mol. The number of rotatable bonds is 3. The Morgan fingerprint density at radius 3 is 0.714 bits per heavy atom. The summed E-state index contributed by atoms with van der Waals surface area (Å²) in [5, 5.41) is 30.3. The summed E-state index contributed by atoms with van der Waals surface area (Å²) < 4.78 is 0. The summed E-state index contributed by atoms with van der Waals surface area (Å²) in [5.74, 6) is -3.39. The smallest absolute Gasteiger partial charge is 0.545 e. The zero-order chi connectivity index (χ0) is 20.1. The molecule has 3 aromatic rings. The number of carbonyl (C=O) groups is 3. The number of benzene rings is 3. The molecule has 0 aliphatic heterocycles. The van der Waals surface area contributed by atoms with Crippen molar-refractivity contribution in [2.45, 2.75) is 0 Å². The predicted molar refractivity (Wildman–Crippen MR) is 92.3 cm³/mol. The van der Waals surface area contributed by atoms with Crippen LogP contribution in [0.25, 0.3) is 0 Å². The van der Waals surface area contributed by atoms with Crippen molar-refractivity contribution < 1.29 is 46.8 Å². The quantitative estimate of drug-likeness (QED) is 0.558. The fraction of sp³-hybridized carbons (Fsp3) is 0. The van der Waals surface area contributed by atoms with Gasteiger partial charge in [0, 0.05) is 0 Å². The Morgan fingerprint density at radius 2 is 0.607 bits per heavy atom. The van der Waals surface area contributed by atoms with Crippen LogP contribution in [0.2, 0.25) is 0 Å². The zero-order valence-electron chi connectivity index (χ0n) is 14.5. The molecule has 1 radical (unpaired) electrons. The molecule has 0 atom stereocenters. The molecule has 0 aliphatic rings. The minimum absolute atomic E-state index is 0. The van der Waals surface area contributed by atoms with Gasteiger partial charge in [-0.3, -0.25) is 0 Å². The Hall–Kier alpha value is -3.41. The van der Waals surface area contributed by atoms with Crippen molar-refractivity contribution in [1.82, 2.24) is 0 Å². The number of hydrogen-bond donors (Lipinski definition) is 0. The summed E-state index contributed by atoms with van der Waals surface area (Å²) in [7, 11) is 0. The van der Waals surface area contributed by atoms with Gasteiger partial charge in [-0.05, 0) is 16.7 Å². The molecule has 0 bridgehead atoms. The second kappa shape index (κ2) is 13.7. The standard InChI is InChI=1S/3C7H6O2.Fe/c3*8-7(9)6-4-2-1-3-5-6;/h3*1-5H,(H,8,9);/q;;;+3/p-3. The third kappa shape index (κ3) is 9.91. The van der Waals surface area contributed by atoms with Crippen LogP contribution in [0.15, 0.2) is 91.0 Å². The van der Waals surface area contributed by atoms with Crippen LogP contribution in [0.3, 0.4) is 0 Å². The fourth-order valence-electron chi connectivity index (χ4n) is 1.72. The minimum Gasteiger partial charge on any atom is -0.545 e. The van der Waals surface area contributed by atoms with Gasteiger partial charge < -0.3 is 29.7 Å². The molecule has 0 aliphatic carbocycles. The molecule has 0 saturated carbocycles. The molecule has 0 unspecified atom stereocenters. The molecule has 0 heterocycles. The van der Waals surface area contributed by atoms with Crippen molar-refractivity contribution in [2.75, 3.05) is 0 Å². The molecule has 143 valence electrons. The van der Waals surface area contributed by atoms with E-state index in [1.165, 1.54) is 36.4 Å². The van der Waals surface area contributed by atoms with Crippen LogP contribution in [0, 0.1) is 0 Å². The number of hydrogen-bond acceptors (Lipinski definition) is 6. The van der Waals surface area contributed by atoms with Gasteiger partial charge in [-0.25, -0.2) is 0 Å². The molecule has 6 nitrogen and oxygen atoms in total. The Morgan fingerprint density at radius 1 is 0.429 bits per heavy atom. The molecule has 3 aromatic carbocycles. The molecule has 0 spiro atoms. The molecule has 28 heavy (non-hydrogen) atoms. The Balaban J connectivity index is 0.000000384. The average molecular weight is 419 g/mol. The topological polar surface area (TPSA) is 120 Å². The largest absolute Gasteiger partial charge is 3.00 e. The van der Waals surface area contributed by atoms with Crippen LogP contribution in [-0.2, 0) is 17.1 Å². The van der Waals surface area contributed by atoms with E-state index in [9.17, 15) is 29.7 Å². The number of aromatic carboxylic acids is 3. The van der Waals surface area contributed by atoms with Gasteiger partial charge in [0.1, 0.15) is 0 Å². The molecule has 0 amide bonds.